The molecule has 3 aromatic rings. The number of nitrogens with one attached hydrogen (secondary N) is 1. The first kappa shape index (κ1) is 20.1. The number of hydrogen-bond acceptors (Lipinski definition) is 5. The molecule has 0 aliphatic carbocycles. The van der Waals surface area contributed by atoms with Crippen molar-refractivity contribution >= 4 is 56.6 Å². The largest absolute Gasteiger partial charge is 0.480 e. The van der Waals surface area contributed by atoms with Crippen molar-refractivity contribution in [2.24, 2.45) is 5.73 Å². The van der Waals surface area contributed by atoms with Crippen LogP contribution in [0.1, 0.15) is 20.8 Å². The fraction of sp³-hybridized carbons (Fsp3) is 0.0588. The van der Waals surface area contributed by atoms with E-state index in [4.69, 9.17) is 33.7 Å². The number of amides is 2. The zero-order chi connectivity index (χ0) is 20.4. The van der Waals surface area contributed by atoms with Gasteiger partial charge in [0.05, 0.1) is 23.4 Å². The summed E-state index contributed by atoms with van der Waals surface area (Å²) in [7, 11) is 1.41. The predicted molar refractivity (Wildman–Crippen MR) is 109 cm³/mol. The van der Waals surface area contributed by atoms with Gasteiger partial charge in [-0.15, -0.1) is 5.10 Å². The lowest BCUT2D eigenvalue weighted by molar-refractivity contribution is 0.100. The Balaban J connectivity index is 2.07. The molecule has 28 heavy (non-hydrogen) atoms. The normalized spacial score (nSPS) is 10.6. The highest BCUT2D eigenvalue weighted by atomic mass is 79.9. The molecule has 0 radical (unpaired) electrons. The quantitative estimate of drug-likeness (QED) is 0.573. The summed E-state index contributed by atoms with van der Waals surface area (Å²) >= 11 is 15.4. The maximum atomic E-state index is 13.0. The van der Waals surface area contributed by atoms with Crippen LogP contribution in [0.2, 0.25) is 10.0 Å². The Bertz CT molecular complexity index is 1090. The summed E-state index contributed by atoms with van der Waals surface area (Å²) in [6.45, 7) is 0. The van der Waals surface area contributed by atoms with Crippen LogP contribution in [-0.4, -0.2) is 33.7 Å². The summed E-state index contributed by atoms with van der Waals surface area (Å²) < 4.78 is 6.74. The number of halogens is 3. The number of hydrogen-bond donors (Lipinski definition) is 2. The number of primary amides is 1. The zero-order valence-electron chi connectivity index (χ0n) is 14.2. The van der Waals surface area contributed by atoms with E-state index in [1.54, 1.807) is 12.1 Å². The molecule has 3 N–H and O–H groups in total. The van der Waals surface area contributed by atoms with Gasteiger partial charge in [0.15, 0.2) is 5.82 Å². The van der Waals surface area contributed by atoms with Crippen LogP contribution in [0.25, 0.3) is 5.82 Å². The van der Waals surface area contributed by atoms with Gasteiger partial charge in [-0.1, -0.05) is 23.2 Å². The summed E-state index contributed by atoms with van der Waals surface area (Å²) in [5, 5.41) is 7.38. The van der Waals surface area contributed by atoms with E-state index in [0.717, 1.165) is 0 Å². The van der Waals surface area contributed by atoms with Crippen molar-refractivity contribution < 1.29 is 14.3 Å². The second kappa shape index (κ2) is 8.17. The molecule has 0 aliphatic heterocycles. The van der Waals surface area contributed by atoms with Crippen molar-refractivity contribution in [2.75, 3.05) is 12.4 Å². The summed E-state index contributed by atoms with van der Waals surface area (Å²) in [6.07, 6.45) is 1.51. The van der Waals surface area contributed by atoms with Crippen LogP contribution in [-0.2, 0) is 0 Å². The van der Waals surface area contributed by atoms with Gasteiger partial charge >= 0.3 is 0 Å². The molecule has 0 bridgehead atoms. The van der Waals surface area contributed by atoms with Crippen molar-refractivity contribution in [1.82, 2.24) is 14.8 Å². The highest BCUT2D eigenvalue weighted by Crippen LogP contribution is 2.31. The highest BCUT2D eigenvalue weighted by Gasteiger charge is 2.22. The molecule has 2 aromatic heterocycles. The van der Waals surface area contributed by atoms with Crippen molar-refractivity contribution in [3.05, 3.63) is 62.3 Å². The van der Waals surface area contributed by atoms with Crippen molar-refractivity contribution in [3.8, 4) is 11.7 Å². The van der Waals surface area contributed by atoms with Crippen LogP contribution >= 0.6 is 39.1 Å². The number of methoxy groups -OCH3 is 1. The molecule has 0 atom stereocenters. The Kier molecular flexibility index (Phi) is 5.87. The van der Waals surface area contributed by atoms with E-state index < -0.39 is 11.8 Å². The van der Waals surface area contributed by atoms with Gasteiger partial charge in [-0.05, 0) is 40.2 Å². The third-order valence-corrected chi connectivity index (χ3v) is 4.77. The summed E-state index contributed by atoms with van der Waals surface area (Å²) in [4.78, 5) is 28.9. The van der Waals surface area contributed by atoms with Crippen LogP contribution in [0.5, 0.6) is 5.88 Å². The Morgan fingerprint density at radius 3 is 2.68 bits per heavy atom. The van der Waals surface area contributed by atoms with Gasteiger partial charge < -0.3 is 15.8 Å². The number of nitrogens with zero attached hydrogens (tertiary/aromatic N) is 3. The van der Waals surface area contributed by atoms with Gasteiger partial charge in [0.2, 0.25) is 5.88 Å². The third-order valence-electron chi connectivity index (χ3n) is 3.63. The number of aromatic nitrogens is 3. The number of benzene rings is 1. The lowest BCUT2D eigenvalue weighted by Gasteiger charge is -2.13. The van der Waals surface area contributed by atoms with Crippen LogP contribution in [0.15, 0.2) is 41.0 Å². The average molecular weight is 485 g/mol. The first-order valence-corrected chi connectivity index (χ1v) is 9.22. The third kappa shape index (κ3) is 3.96. The number of pyridine rings is 1. The van der Waals surface area contributed by atoms with Gasteiger partial charge in [-0.2, -0.15) is 0 Å². The molecule has 0 saturated heterocycles. The second-order valence-corrected chi connectivity index (χ2v) is 7.12. The first-order valence-electron chi connectivity index (χ1n) is 7.67. The lowest BCUT2D eigenvalue weighted by atomic mass is 10.1. The Morgan fingerprint density at radius 1 is 1.29 bits per heavy atom. The van der Waals surface area contributed by atoms with Gasteiger partial charge in [0.25, 0.3) is 11.8 Å². The molecular formula is C17H12BrCl2N5O3. The van der Waals surface area contributed by atoms with E-state index >= 15 is 0 Å². The number of rotatable bonds is 5. The minimum Gasteiger partial charge on any atom is -0.480 e. The molecule has 0 spiro atoms. The van der Waals surface area contributed by atoms with Crippen molar-refractivity contribution in [3.63, 3.8) is 0 Å². The number of ether oxygens (including phenoxy) is 1. The smallest absolute Gasteiger partial charge is 0.274 e. The van der Waals surface area contributed by atoms with E-state index in [0.29, 0.717) is 4.47 Å². The van der Waals surface area contributed by atoms with Crippen LogP contribution in [0.3, 0.4) is 0 Å². The van der Waals surface area contributed by atoms with E-state index in [2.05, 4.69) is 31.3 Å². The van der Waals surface area contributed by atoms with Gasteiger partial charge in [-0.25, -0.2) is 9.67 Å². The Morgan fingerprint density at radius 2 is 2.04 bits per heavy atom. The van der Waals surface area contributed by atoms with E-state index in [9.17, 15) is 9.59 Å². The number of carbonyl (C=O) groups excluding carboxylic acids is 2. The molecule has 144 valence electrons. The minimum absolute atomic E-state index is 0.0432. The summed E-state index contributed by atoms with van der Waals surface area (Å²) in [6, 6.07) is 7.56. The Labute approximate surface area is 177 Å². The SMILES string of the molecule is COc1cc(C(=O)Nc2c(Br)cc(Cl)cc2C(N)=O)n(-c2ncccc2Cl)n1. The number of anilines is 1. The molecule has 11 heteroatoms. The topological polar surface area (TPSA) is 112 Å². The van der Waals surface area contributed by atoms with Crippen molar-refractivity contribution in [1.29, 1.82) is 0 Å². The lowest BCUT2D eigenvalue weighted by Crippen LogP contribution is -2.21. The van der Waals surface area contributed by atoms with Crippen molar-refractivity contribution in [2.45, 2.75) is 0 Å². The maximum Gasteiger partial charge on any atom is 0.274 e. The monoisotopic (exact) mass is 483 g/mol. The van der Waals surface area contributed by atoms with Crippen LogP contribution < -0.4 is 15.8 Å². The molecule has 2 heterocycles. The average Bonchev–Trinajstić information content (AvgIpc) is 3.08. The molecular weight excluding hydrogens is 473 g/mol. The number of carbonyl (C=O) groups is 2. The van der Waals surface area contributed by atoms with Gasteiger partial charge in [-0.3, -0.25) is 9.59 Å². The van der Waals surface area contributed by atoms with E-state index in [1.165, 1.54) is 36.2 Å². The summed E-state index contributed by atoms with van der Waals surface area (Å²) in [5.41, 5.74) is 5.69. The molecule has 0 saturated carbocycles. The van der Waals surface area contributed by atoms with Crippen LogP contribution in [0, 0.1) is 0 Å². The molecule has 0 fully saturated rings. The molecule has 0 unspecified atom stereocenters. The minimum atomic E-state index is -0.752. The van der Waals surface area contributed by atoms with Crippen LogP contribution in [0.4, 0.5) is 5.69 Å². The van der Waals surface area contributed by atoms with E-state index in [1.807, 2.05) is 0 Å². The van der Waals surface area contributed by atoms with E-state index in [-0.39, 0.29) is 38.7 Å². The fourth-order valence-electron chi connectivity index (χ4n) is 2.39. The molecule has 3 rings (SSSR count). The highest BCUT2D eigenvalue weighted by molar-refractivity contribution is 9.10. The Hall–Kier alpha value is -2.62. The zero-order valence-corrected chi connectivity index (χ0v) is 17.3. The standard InChI is InChI=1S/C17H12BrCl2N5O3/c1-28-13-7-12(25(24-13)16-11(20)3-2-4-22-16)17(27)23-14-9(15(21)26)5-8(19)6-10(14)18/h2-7H,1H3,(H2,21,26)(H,23,27). The molecule has 1 aromatic carbocycles. The second-order valence-electron chi connectivity index (χ2n) is 5.42. The summed E-state index contributed by atoms with van der Waals surface area (Å²) in [5.74, 6) is -0.930. The predicted octanol–water partition coefficient (Wildman–Crippen LogP) is 3.70. The maximum absolute atomic E-state index is 13.0. The molecule has 2 amide bonds. The fourth-order valence-corrected chi connectivity index (χ4v) is 3.50. The van der Waals surface area contributed by atoms with Gasteiger partial charge in [0, 0.05) is 21.8 Å². The molecule has 0 aliphatic rings. The van der Waals surface area contributed by atoms with Gasteiger partial charge in [0.1, 0.15) is 5.69 Å². The molecule has 8 nitrogen and oxygen atoms in total. The number of nitrogens with two attached hydrogens (primary N) is 1. The first-order chi connectivity index (χ1) is 13.3.